The summed E-state index contributed by atoms with van der Waals surface area (Å²) in [6, 6.07) is 4.95. The first-order valence-corrected chi connectivity index (χ1v) is 7.21. The summed E-state index contributed by atoms with van der Waals surface area (Å²) in [6.45, 7) is 7.18. The molecule has 2 rings (SSSR count). The molecule has 0 aliphatic carbocycles. The lowest BCUT2D eigenvalue weighted by Crippen LogP contribution is -2.48. The third-order valence-corrected chi connectivity index (χ3v) is 3.23. The number of rotatable bonds is 4. The maximum Gasteiger partial charge on any atom is 0.496 e. The third-order valence-electron chi connectivity index (χ3n) is 3.23. The van der Waals surface area contributed by atoms with Gasteiger partial charge in [0.1, 0.15) is 6.29 Å². The number of ether oxygens (including phenoxy) is 1. The van der Waals surface area contributed by atoms with Gasteiger partial charge in [-0.25, -0.2) is 4.79 Å². The molecule has 1 aromatic carbocycles. The molecule has 0 saturated carbocycles. The second-order valence-corrected chi connectivity index (χ2v) is 5.93. The molecule has 1 aliphatic rings. The van der Waals surface area contributed by atoms with Gasteiger partial charge < -0.3 is 14.0 Å². The molecule has 1 aromatic rings. The van der Waals surface area contributed by atoms with E-state index in [9.17, 15) is 9.59 Å². The highest BCUT2D eigenvalue weighted by atomic mass is 16.6. The van der Waals surface area contributed by atoms with Crippen LogP contribution in [0.1, 0.15) is 31.1 Å². The van der Waals surface area contributed by atoms with Crippen molar-refractivity contribution in [2.24, 2.45) is 5.41 Å². The average Bonchev–Trinajstić information content (AvgIpc) is 2.48. The molecule has 1 heterocycles. The topological polar surface area (TPSA) is 73.9 Å². The van der Waals surface area contributed by atoms with Crippen LogP contribution in [0.5, 0.6) is 0 Å². The van der Waals surface area contributed by atoms with Gasteiger partial charge in [-0.15, -0.1) is 0 Å². The molecule has 118 valence electrons. The predicted octanol–water partition coefficient (Wildman–Crippen LogP) is 1.84. The number of anilines is 1. The van der Waals surface area contributed by atoms with E-state index in [1.807, 2.05) is 0 Å². The molecule has 1 amide bonds. The molecule has 0 atom stereocenters. The average molecular weight is 305 g/mol. The summed E-state index contributed by atoms with van der Waals surface area (Å²) >= 11 is 0. The van der Waals surface area contributed by atoms with Crippen LogP contribution in [-0.4, -0.2) is 39.3 Å². The molecule has 1 aliphatic heterocycles. The molecule has 1 saturated heterocycles. The van der Waals surface area contributed by atoms with Crippen molar-refractivity contribution in [3.8, 4) is 0 Å². The Labute approximate surface area is 130 Å². The summed E-state index contributed by atoms with van der Waals surface area (Å²) in [5.74, 6) is 0. The van der Waals surface area contributed by atoms with Gasteiger partial charge in [0.25, 0.3) is 0 Å². The fourth-order valence-electron chi connectivity index (χ4n) is 2.11. The van der Waals surface area contributed by atoms with Gasteiger partial charge in [0.2, 0.25) is 0 Å². The first-order chi connectivity index (χ1) is 10.4. The van der Waals surface area contributed by atoms with Crippen molar-refractivity contribution < 1.29 is 23.6 Å². The van der Waals surface area contributed by atoms with Crippen LogP contribution >= 0.6 is 0 Å². The zero-order valence-corrected chi connectivity index (χ0v) is 13.0. The van der Waals surface area contributed by atoms with Crippen LogP contribution in [0, 0.1) is 5.41 Å². The maximum absolute atomic E-state index is 11.6. The van der Waals surface area contributed by atoms with E-state index in [-0.39, 0.29) is 12.0 Å². The molecular formula is C15H20BNO5. The summed E-state index contributed by atoms with van der Waals surface area (Å²) < 4.78 is 16.3. The summed E-state index contributed by atoms with van der Waals surface area (Å²) in [5, 5.41) is 2.62. The number of carbonyl (C=O) groups excluding carboxylic acids is 2. The van der Waals surface area contributed by atoms with Crippen LogP contribution in [0.2, 0.25) is 0 Å². The Morgan fingerprint density at radius 2 is 2.09 bits per heavy atom. The molecule has 0 aromatic heterocycles. The van der Waals surface area contributed by atoms with Crippen LogP contribution in [0.3, 0.4) is 0 Å². The number of aldehydes is 1. The van der Waals surface area contributed by atoms with Crippen LogP contribution in [0.4, 0.5) is 10.5 Å². The number of hydrogen-bond acceptors (Lipinski definition) is 5. The molecular weight excluding hydrogens is 285 g/mol. The number of hydrogen-bond donors (Lipinski definition) is 1. The highest BCUT2D eigenvalue weighted by molar-refractivity contribution is 6.63. The van der Waals surface area contributed by atoms with Crippen LogP contribution in [0.15, 0.2) is 18.2 Å². The van der Waals surface area contributed by atoms with E-state index in [0.717, 1.165) is 0 Å². The Balaban J connectivity index is 2.22. The molecule has 1 fully saturated rings. The van der Waals surface area contributed by atoms with Gasteiger partial charge in [-0.3, -0.25) is 10.1 Å². The first kappa shape index (κ1) is 16.5. The van der Waals surface area contributed by atoms with Gasteiger partial charge in [-0.1, -0.05) is 26.0 Å². The molecule has 22 heavy (non-hydrogen) atoms. The maximum atomic E-state index is 11.6. The molecule has 0 radical (unpaired) electrons. The minimum atomic E-state index is -0.581. The lowest BCUT2D eigenvalue weighted by Gasteiger charge is -2.33. The minimum absolute atomic E-state index is 0.0476. The number of carbonyl (C=O) groups is 2. The Morgan fingerprint density at radius 1 is 1.41 bits per heavy atom. The zero-order chi connectivity index (χ0) is 16.2. The fraction of sp³-hybridized carbons (Fsp3) is 0.467. The van der Waals surface area contributed by atoms with Crippen molar-refractivity contribution in [3.63, 3.8) is 0 Å². The van der Waals surface area contributed by atoms with Gasteiger partial charge in [0.15, 0.2) is 0 Å². The summed E-state index contributed by atoms with van der Waals surface area (Å²) in [4.78, 5) is 22.6. The summed E-state index contributed by atoms with van der Waals surface area (Å²) in [7, 11) is -0.578. The SMILES string of the molecule is CCOC(=O)Nc1cc(C=O)ccc1B1OCC(C)(C)CO1. The van der Waals surface area contributed by atoms with Crippen molar-refractivity contribution in [1.29, 1.82) is 0 Å². The Hall–Kier alpha value is -1.86. The van der Waals surface area contributed by atoms with Gasteiger partial charge in [0.05, 0.1) is 6.61 Å². The number of nitrogens with one attached hydrogen (secondary N) is 1. The molecule has 6 nitrogen and oxygen atoms in total. The summed E-state index contributed by atoms with van der Waals surface area (Å²) in [6.07, 6.45) is 0.133. The van der Waals surface area contributed by atoms with Gasteiger partial charge in [-0.2, -0.15) is 0 Å². The molecule has 0 bridgehead atoms. The van der Waals surface area contributed by atoms with E-state index in [2.05, 4.69) is 19.2 Å². The molecule has 0 spiro atoms. The van der Waals surface area contributed by atoms with Crippen LogP contribution in [-0.2, 0) is 14.0 Å². The Bertz CT molecular complexity index is 551. The van der Waals surface area contributed by atoms with E-state index in [1.54, 1.807) is 25.1 Å². The smallest absolute Gasteiger partial charge is 0.450 e. The molecule has 1 N–H and O–H groups in total. The van der Waals surface area contributed by atoms with Crippen molar-refractivity contribution in [3.05, 3.63) is 23.8 Å². The van der Waals surface area contributed by atoms with Crippen LogP contribution in [0.25, 0.3) is 0 Å². The number of benzene rings is 1. The van der Waals surface area contributed by atoms with Crippen molar-refractivity contribution in [2.75, 3.05) is 25.1 Å². The second kappa shape index (κ2) is 6.94. The highest BCUT2D eigenvalue weighted by Crippen LogP contribution is 2.22. The van der Waals surface area contributed by atoms with E-state index >= 15 is 0 Å². The zero-order valence-electron chi connectivity index (χ0n) is 13.0. The monoisotopic (exact) mass is 305 g/mol. The van der Waals surface area contributed by atoms with Crippen LogP contribution < -0.4 is 10.8 Å². The van der Waals surface area contributed by atoms with Gasteiger partial charge in [0, 0.05) is 35.3 Å². The quantitative estimate of drug-likeness (QED) is 0.678. The van der Waals surface area contributed by atoms with E-state index in [0.29, 0.717) is 36.2 Å². The Morgan fingerprint density at radius 3 is 2.68 bits per heavy atom. The van der Waals surface area contributed by atoms with E-state index in [1.165, 1.54) is 0 Å². The van der Waals surface area contributed by atoms with Gasteiger partial charge >= 0.3 is 13.2 Å². The van der Waals surface area contributed by atoms with Crippen molar-refractivity contribution >= 4 is 30.6 Å². The second-order valence-electron chi connectivity index (χ2n) is 5.93. The summed E-state index contributed by atoms with van der Waals surface area (Å²) in [5.41, 5.74) is 1.52. The molecule has 7 heteroatoms. The lowest BCUT2D eigenvalue weighted by atomic mass is 9.74. The largest absolute Gasteiger partial charge is 0.496 e. The molecule has 0 unspecified atom stereocenters. The lowest BCUT2D eigenvalue weighted by molar-refractivity contribution is 0.0343. The third kappa shape index (κ3) is 4.08. The Kier molecular flexibility index (Phi) is 5.21. The van der Waals surface area contributed by atoms with E-state index < -0.39 is 13.2 Å². The van der Waals surface area contributed by atoms with Gasteiger partial charge in [-0.05, 0) is 13.0 Å². The van der Waals surface area contributed by atoms with E-state index in [4.69, 9.17) is 14.0 Å². The van der Waals surface area contributed by atoms with Crippen molar-refractivity contribution in [1.82, 2.24) is 0 Å². The number of amides is 1. The van der Waals surface area contributed by atoms with Crippen molar-refractivity contribution in [2.45, 2.75) is 20.8 Å². The highest BCUT2D eigenvalue weighted by Gasteiger charge is 2.35. The standard InChI is InChI=1S/C15H20BNO5/c1-4-20-14(19)17-13-7-11(8-18)5-6-12(13)16-21-9-15(2,3)10-22-16/h5-8H,4,9-10H2,1-3H3,(H,17,19). The minimum Gasteiger partial charge on any atom is -0.450 e. The predicted molar refractivity (Wildman–Crippen MR) is 83.5 cm³/mol. The first-order valence-electron chi connectivity index (χ1n) is 7.21. The normalized spacial score (nSPS) is 17.0. The fourth-order valence-corrected chi connectivity index (χ4v) is 2.11.